The summed E-state index contributed by atoms with van der Waals surface area (Å²) in [7, 11) is 0. The van der Waals surface area contributed by atoms with E-state index in [4.69, 9.17) is 11.6 Å². The van der Waals surface area contributed by atoms with Gasteiger partial charge < -0.3 is 4.90 Å². The summed E-state index contributed by atoms with van der Waals surface area (Å²) in [5.74, 6) is 0.157. The summed E-state index contributed by atoms with van der Waals surface area (Å²) >= 11 is 5.86. The van der Waals surface area contributed by atoms with E-state index in [9.17, 15) is 4.79 Å². The van der Waals surface area contributed by atoms with Crippen LogP contribution < -0.4 is 0 Å². The van der Waals surface area contributed by atoms with Crippen LogP contribution in [0.5, 0.6) is 0 Å². The minimum atomic E-state index is 0.157. The van der Waals surface area contributed by atoms with Crippen LogP contribution in [0, 0.1) is 0 Å². The highest BCUT2D eigenvalue weighted by atomic mass is 35.5. The maximum atomic E-state index is 11.9. The predicted molar refractivity (Wildman–Crippen MR) is 54.3 cm³/mol. The molecule has 0 spiro atoms. The van der Waals surface area contributed by atoms with Gasteiger partial charge in [-0.05, 0) is 30.5 Å². The van der Waals surface area contributed by atoms with Gasteiger partial charge in [-0.3, -0.25) is 4.79 Å². The summed E-state index contributed by atoms with van der Waals surface area (Å²) in [5.41, 5.74) is 1.91. The second-order valence-corrected chi connectivity index (χ2v) is 4.40. The van der Waals surface area contributed by atoms with Crippen LogP contribution in [0.2, 0.25) is 5.02 Å². The minimum Gasteiger partial charge on any atom is -0.331 e. The van der Waals surface area contributed by atoms with Crippen molar-refractivity contribution in [3.63, 3.8) is 0 Å². The summed E-state index contributed by atoms with van der Waals surface area (Å²) in [5, 5.41) is 0.648. The van der Waals surface area contributed by atoms with Gasteiger partial charge in [0.25, 0.3) is 5.91 Å². The standard InChI is InChI=1S/C11H10ClNO/c12-8-2-1-7-6-13(9-3-4-9)11(14)10(7)5-8/h1-2,5,9H,3-4,6H2. The molecule has 3 heteroatoms. The number of hydrogen-bond donors (Lipinski definition) is 0. The fraction of sp³-hybridized carbons (Fsp3) is 0.364. The Morgan fingerprint density at radius 3 is 2.86 bits per heavy atom. The topological polar surface area (TPSA) is 20.3 Å². The molecule has 1 aliphatic carbocycles. The van der Waals surface area contributed by atoms with Crippen LogP contribution in [0.15, 0.2) is 18.2 Å². The summed E-state index contributed by atoms with van der Waals surface area (Å²) in [4.78, 5) is 13.9. The smallest absolute Gasteiger partial charge is 0.254 e. The molecule has 0 saturated heterocycles. The molecule has 72 valence electrons. The summed E-state index contributed by atoms with van der Waals surface area (Å²) in [6, 6.07) is 6.08. The number of hydrogen-bond acceptors (Lipinski definition) is 1. The molecule has 3 rings (SSSR count). The molecule has 1 saturated carbocycles. The number of carbonyl (C=O) groups excluding carboxylic acids is 1. The van der Waals surface area contributed by atoms with Gasteiger partial charge in [-0.15, -0.1) is 0 Å². The molecule has 0 unspecified atom stereocenters. The van der Waals surface area contributed by atoms with Gasteiger partial charge in [0, 0.05) is 23.2 Å². The fourth-order valence-electron chi connectivity index (χ4n) is 1.98. The van der Waals surface area contributed by atoms with Crippen LogP contribution in [0.4, 0.5) is 0 Å². The minimum absolute atomic E-state index is 0.157. The zero-order valence-electron chi connectivity index (χ0n) is 7.66. The largest absolute Gasteiger partial charge is 0.331 e. The van der Waals surface area contributed by atoms with E-state index in [0.717, 1.165) is 30.5 Å². The Kier molecular flexibility index (Phi) is 1.62. The van der Waals surface area contributed by atoms with Crippen LogP contribution in [-0.2, 0) is 6.54 Å². The maximum Gasteiger partial charge on any atom is 0.254 e. The molecule has 0 radical (unpaired) electrons. The van der Waals surface area contributed by atoms with Gasteiger partial charge in [-0.25, -0.2) is 0 Å². The Balaban J connectivity index is 2.01. The van der Waals surface area contributed by atoms with Gasteiger partial charge in [-0.1, -0.05) is 17.7 Å². The van der Waals surface area contributed by atoms with Crippen molar-refractivity contribution >= 4 is 17.5 Å². The molecule has 1 aliphatic heterocycles. The Bertz CT molecular complexity index is 412. The SMILES string of the molecule is O=C1c2cc(Cl)ccc2CN1C1CC1. The van der Waals surface area contributed by atoms with Crippen molar-refractivity contribution in [3.8, 4) is 0 Å². The van der Waals surface area contributed by atoms with Crippen molar-refractivity contribution in [1.29, 1.82) is 0 Å². The molecule has 0 N–H and O–H groups in total. The third-order valence-electron chi connectivity index (χ3n) is 2.89. The van der Waals surface area contributed by atoms with E-state index in [2.05, 4.69) is 0 Å². The second-order valence-electron chi connectivity index (χ2n) is 3.97. The molecule has 1 amide bonds. The monoisotopic (exact) mass is 207 g/mol. The number of halogens is 1. The third-order valence-corrected chi connectivity index (χ3v) is 3.13. The Labute approximate surface area is 87.5 Å². The first kappa shape index (κ1) is 8.30. The molecule has 0 aromatic heterocycles. The van der Waals surface area contributed by atoms with Gasteiger partial charge in [0.05, 0.1) is 0 Å². The van der Waals surface area contributed by atoms with Crippen LogP contribution in [0.1, 0.15) is 28.8 Å². The second kappa shape index (κ2) is 2.74. The van der Waals surface area contributed by atoms with Crippen LogP contribution >= 0.6 is 11.6 Å². The molecule has 1 heterocycles. The molecule has 1 aromatic rings. The van der Waals surface area contributed by atoms with Crippen molar-refractivity contribution in [2.75, 3.05) is 0 Å². The molecule has 0 bridgehead atoms. The van der Waals surface area contributed by atoms with E-state index >= 15 is 0 Å². The highest BCUT2D eigenvalue weighted by Crippen LogP contribution is 2.35. The first-order valence-corrected chi connectivity index (χ1v) is 5.23. The van der Waals surface area contributed by atoms with E-state index < -0.39 is 0 Å². The van der Waals surface area contributed by atoms with Gasteiger partial charge in [0.1, 0.15) is 0 Å². The quantitative estimate of drug-likeness (QED) is 0.693. The van der Waals surface area contributed by atoms with E-state index in [-0.39, 0.29) is 5.91 Å². The van der Waals surface area contributed by atoms with E-state index in [1.165, 1.54) is 0 Å². The molecular formula is C11H10ClNO. The van der Waals surface area contributed by atoms with Gasteiger partial charge in [0.2, 0.25) is 0 Å². The number of benzene rings is 1. The molecular weight excluding hydrogens is 198 g/mol. The van der Waals surface area contributed by atoms with E-state index in [1.807, 2.05) is 17.0 Å². The first-order valence-electron chi connectivity index (χ1n) is 4.85. The first-order chi connectivity index (χ1) is 6.75. The average molecular weight is 208 g/mol. The number of amides is 1. The predicted octanol–water partition coefficient (Wildman–Crippen LogP) is 2.46. The van der Waals surface area contributed by atoms with Crippen molar-refractivity contribution in [1.82, 2.24) is 4.90 Å². The van der Waals surface area contributed by atoms with Crippen LogP contribution in [0.3, 0.4) is 0 Å². The van der Waals surface area contributed by atoms with Gasteiger partial charge >= 0.3 is 0 Å². The van der Waals surface area contributed by atoms with Crippen molar-refractivity contribution < 1.29 is 4.79 Å². The summed E-state index contributed by atoms with van der Waals surface area (Å²) in [6.07, 6.45) is 2.32. The number of nitrogens with zero attached hydrogens (tertiary/aromatic N) is 1. The Hall–Kier alpha value is -1.02. The lowest BCUT2D eigenvalue weighted by molar-refractivity contribution is 0.0766. The number of rotatable bonds is 1. The average Bonchev–Trinajstić information content (AvgIpc) is 2.95. The molecule has 1 aromatic carbocycles. The lowest BCUT2D eigenvalue weighted by Crippen LogP contribution is -2.25. The van der Waals surface area contributed by atoms with E-state index in [0.29, 0.717) is 11.1 Å². The van der Waals surface area contributed by atoms with Crippen molar-refractivity contribution in [2.24, 2.45) is 0 Å². The number of fused-ring (bicyclic) bond motifs is 1. The van der Waals surface area contributed by atoms with Crippen LogP contribution in [0.25, 0.3) is 0 Å². The third kappa shape index (κ3) is 1.14. The van der Waals surface area contributed by atoms with Gasteiger partial charge in [-0.2, -0.15) is 0 Å². The number of carbonyl (C=O) groups is 1. The zero-order valence-corrected chi connectivity index (χ0v) is 8.42. The molecule has 2 aliphatic rings. The lowest BCUT2D eigenvalue weighted by Gasteiger charge is -2.13. The normalized spacial score (nSPS) is 20.1. The maximum absolute atomic E-state index is 11.9. The molecule has 0 atom stereocenters. The lowest BCUT2D eigenvalue weighted by atomic mass is 10.1. The fourth-order valence-corrected chi connectivity index (χ4v) is 2.15. The Morgan fingerprint density at radius 1 is 1.36 bits per heavy atom. The summed E-state index contributed by atoms with van der Waals surface area (Å²) in [6.45, 7) is 0.774. The molecule has 2 nitrogen and oxygen atoms in total. The molecule has 1 fully saturated rings. The van der Waals surface area contributed by atoms with E-state index in [1.54, 1.807) is 6.07 Å². The van der Waals surface area contributed by atoms with Crippen molar-refractivity contribution in [3.05, 3.63) is 34.3 Å². The molecule has 14 heavy (non-hydrogen) atoms. The van der Waals surface area contributed by atoms with Crippen LogP contribution in [-0.4, -0.2) is 16.8 Å². The highest BCUT2D eigenvalue weighted by molar-refractivity contribution is 6.31. The van der Waals surface area contributed by atoms with Gasteiger partial charge in [0.15, 0.2) is 0 Å². The Morgan fingerprint density at radius 2 is 2.14 bits per heavy atom. The highest BCUT2D eigenvalue weighted by Gasteiger charge is 2.37. The zero-order chi connectivity index (χ0) is 9.71. The van der Waals surface area contributed by atoms with Crippen molar-refractivity contribution in [2.45, 2.75) is 25.4 Å². The summed E-state index contributed by atoms with van der Waals surface area (Å²) < 4.78 is 0.